The van der Waals surface area contributed by atoms with E-state index in [1.54, 1.807) is 24.3 Å². The van der Waals surface area contributed by atoms with Gasteiger partial charge in [0.1, 0.15) is 6.04 Å². The van der Waals surface area contributed by atoms with E-state index in [0.29, 0.717) is 24.2 Å². The van der Waals surface area contributed by atoms with E-state index >= 15 is 0 Å². The molecule has 1 aromatic heterocycles. The number of aromatic carboxylic acids is 1. The van der Waals surface area contributed by atoms with E-state index in [4.69, 9.17) is 15.9 Å². The van der Waals surface area contributed by atoms with E-state index in [9.17, 15) is 14.0 Å². The third kappa shape index (κ3) is 4.17. The van der Waals surface area contributed by atoms with E-state index in [-0.39, 0.29) is 18.8 Å². The Labute approximate surface area is 137 Å². The Morgan fingerprint density at radius 2 is 1.92 bits per heavy atom. The molecule has 0 aliphatic rings. The Morgan fingerprint density at radius 1 is 1.25 bits per heavy atom. The van der Waals surface area contributed by atoms with Crippen LogP contribution in [0.4, 0.5) is 4.39 Å². The highest BCUT2D eigenvalue weighted by Gasteiger charge is 2.19. The molecule has 0 aliphatic carbocycles. The zero-order chi connectivity index (χ0) is 17.7. The third-order valence-electron chi connectivity index (χ3n) is 3.53. The largest absolute Gasteiger partial charge is 0.480 e. The van der Waals surface area contributed by atoms with Crippen LogP contribution in [0.15, 0.2) is 30.3 Å². The maximum atomic E-state index is 12.2. The van der Waals surface area contributed by atoms with E-state index in [1.807, 2.05) is 0 Å². The van der Waals surface area contributed by atoms with Crippen LogP contribution >= 0.6 is 0 Å². The molecule has 8 heteroatoms. The molecule has 0 bridgehead atoms. The minimum absolute atomic E-state index is 0.0563. The first-order valence-electron chi connectivity index (χ1n) is 7.38. The summed E-state index contributed by atoms with van der Waals surface area (Å²) in [6, 6.07) is 7.19. The van der Waals surface area contributed by atoms with Crippen molar-refractivity contribution >= 4 is 11.9 Å². The van der Waals surface area contributed by atoms with Crippen LogP contribution in [-0.4, -0.2) is 44.6 Å². The minimum atomic E-state index is -1.21. The smallest absolute Gasteiger partial charge is 0.356 e. The van der Waals surface area contributed by atoms with Crippen LogP contribution in [0.5, 0.6) is 0 Å². The van der Waals surface area contributed by atoms with E-state index in [0.717, 1.165) is 5.56 Å². The lowest BCUT2D eigenvalue weighted by Crippen LogP contribution is -2.33. The lowest BCUT2D eigenvalue weighted by molar-refractivity contribution is -0.138. The molecule has 0 aliphatic heterocycles. The summed E-state index contributed by atoms with van der Waals surface area (Å²) in [5.41, 5.74) is 7.27. The van der Waals surface area contributed by atoms with Gasteiger partial charge in [-0.1, -0.05) is 12.1 Å². The molecular formula is C16H18FN3O4. The Hall–Kier alpha value is -2.74. The SMILES string of the molecule is N[C@H](Cc1cc(C(=O)O)nn1-c1ccc(CCCF)cc1)C(=O)O. The Bertz CT molecular complexity index is 727. The van der Waals surface area contributed by atoms with Crippen LogP contribution < -0.4 is 5.73 Å². The first-order valence-corrected chi connectivity index (χ1v) is 7.38. The fraction of sp³-hybridized carbons (Fsp3) is 0.312. The van der Waals surface area contributed by atoms with Gasteiger partial charge in [-0.3, -0.25) is 9.18 Å². The van der Waals surface area contributed by atoms with E-state index in [1.165, 1.54) is 10.7 Å². The van der Waals surface area contributed by atoms with Gasteiger partial charge in [-0.25, -0.2) is 9.48 Å². The number of aryl methyl sites for hydroxylation is 1. The van der Waals surface area contributed by atoms with Crippen LogP contribution in [0.1, 0.15) is 28.2 Å². The fourth-order valence-corrected chi connectivity index (χ4v) is 2.28. The number of aromatic nitrogens is 2. The molecule has 2 rings (SSSR count). The van der Waals surface area contributed by atoms with Crippen molar-refractivity contribution in [2.45, 2.75) is 25.3 Å². The summed E-state index contributed by atoms with van der Waals surface area (Å²) in [4.78, 5) is 22.1. The van der Waals surface area contributed by atoms with E-state index < -0.39 is 18.0 Å². The van der Waals surface area contributed by atoms with Gasteiger partial charge < -0.3 is 15.9 Å². The number of rotatable bonds is 8. The van der Waals surface area contributed by atoms with Gasteiger partial charge in [-0.05, 0) is 36.6 Å². The highest BCUT2D eigenvalue weighted by Crippen LogP contribution is 2.16. The van der Waals surface area contributed by atoms with Crippen LogP contribution in [0.3, 0.4) is 0 Å². The molecule has 1 atom stereocenters. The molecule has 0 spiro atoms. The molecule has 0 saturated carbocycles. The van der Waals surface area contributed by atoms with Gasteiger partial charge in [0, 0.05) is 12.1 Å². The lowest BCUT2D eigenvalue weighted by Gasteiger charge is -2.10. The summed E-state index contributed by atoms with van der Waals surface area (Å²) in [5, 5.41) is 22.0. The number of hydrogen-bond donors (Lipinski definition) is 3. The minimum Gasteiger partial charge on any atom is -0.480 e. The van der Waals surface area contributed by atoms with Crippen molar-refractivity contribution in [1.29, 1.82) is 0 Å². The van der Waals surface area contributed by atoms with Gasteiger partial charge in [0.25, 0.3) is 0 Å². The van der Waals surface area contributed by atoms with Gasteiger partial charge in [0.05, 0.1) is 12.4 Å². The molecule has 24 heavy (non-hydrogen) atoms. The third-order valence-corrected chi connectivity index (χ3v) is 3.53. The number of carbonyl (C=O) groups is 2. The summed E-state index contributed by atoms with van der Waals surface area (Å²) in [5.74, 6) is -2.39. The van der Waals surface area contributed by atoms with Crippen molar-refractivity contribution in [2.75, 3.05) is 6.67 Å². The first-order chi connectivity index (χ1) is 11.4. The van der Waals surface area contributed by atoms with Crippen LogP contribution in [0, 0.1) is 0 Å². The molecule has 0 saturated heterocycles. The summed E-state index contributed by atoms with van der Waals surface area (Å²) in [6.07, 6.45) is 0.981. The number of carboxylic acid groups (broad SMARTS) is 2. The molecule has 0 amide bonds. The van der Waals surface area contributed by atoms with Crippen molar-refractivity contribution in [3.8, 4) is 5.69 Å². The molecule has 0 unspecified atom stereocenters. The monoisotopic (exact) mass is 335 g/mol. The van der Waals surface area contributed by atoms with Gasteiger partial charge in [0.15, 0.2) is 5.69 Å². The van der Waals surface area contributed by atoms with Crippen molar-refractivity contribution in [1.82, 2.24) is 9.78 Å². The summed E-state index contributed by atoms with van der Waals surface area (Å²) in [6.45, 7) is -0.389. The second kappa shape index (κ2) is 7.69. The number of alkyl halides is 1. The normalized spacial score (nSPS) is 12.1. The standard InChI is InChI=1S/C16H18FN3O4/c17-7-1-2-10-3-5-11(6-4-10)20-12(8-13(18)15(21)22)9-14(19-20)16(23)24/h3-6,9,13H,1-2,7-8,18H2,(H,21,22)(H,23,24)/t13-/m1/s1. The van der Waals surface area contributed by atoms with Crippen molar-refractivity contribution < 1.29 is 24.2 Å². The molecular weight excluding hydrogens is 317 g/mol. The second-order valence-corrected chi connectivity index (χ2v) is 5.35. The predicted octanol–water partition coefficient (Wildman–Crippen LogP) is 1.43. The maximum Gasteiger partial charge on any atom is 0.356 e. The number of benzene rings is 1. The molecule has 0 radical (unpaired) electrons. The van der Waals surface area contributed by atoms with Crippen LogP contribution in [0.2, 0.25) is 0 Å². The topological polar surface area (TPSA) is 118 Å². The van der Waals surface area contributed by atoms with Crippen LogP contribution in [-0.2, 0) is 17.6 Å². The predicted molar refractivity (Wildman–Crippen MR) is 84.1 cm³/mol. The maximum absolute atomic E-state index is 12.2. The summed E-state index contributed by atoms with van der Waals surface area (Å²) < 4.78 is 13.6. The number of hydrogen-bond acceptors (Lipinski definition) is 4. The zero-order valence-corrected chi connectivity index (χ0v) is 12.9. The zero-order valence-electron chi connectivity index (χ0n) is 12.9. The average molecular weight is 335 g/mol. The Morgan fingerprint density at radius 3 is 2.46 bits per heavy atom. The average Bonchev–Trinajstić information content (AvgIpc) is 2.97. The highest BCUT2D eigenvalue weighted by atomic mass is 19.1. The number of aliphatic carboxylic acids is 1. The molecule has 7 nitrogen and oxygen atoms in total. The fourth-order valence-electron chi connectivity index (χ4n) is 2.28. The first kappa shape index (κ1) is 17.6. The van der Waals surface area contributed by atoms with Crippen molar-refractivity contribution in [3.63, 3.8) is 0 Å². The van der Waals surface area contributed by atoms with Crippen molar-refractivity contribution in [2.24, 2.45) is 5.73 Å². The lowest BCUT2D eigenvalue weighted by atomic mass is 10.1. The second-order valence-electron chi connectivity index (χ2n) is 5.35. The summed E-state index contributed by atoms with van der Waals surface area (Å²) in [7, 11) is 0. The molecule has 2 aromatic rings. The quantitative estimate of drug-likeness (QED) is 0.671. The summed E-state index contributed by atoms with van der Waals surface area (Å²) >= 11 is 0. The number of carboxylic acids is 2. The molecule has 128 valence electrons. The van der Waals surface area contributed by atoms with Gasteiger partial charge in [-0.15, -0.1) is 0 Å². The number of nitrogens with two attached hydrogens (primary N) is 1. The molecule has 1 heterocycles. The Balaban J connectivity index is 2.33. The van der Waals surface area contributed by atoms with E-state index in [2.05, 4.69) is 5.10 Å². The van der Waals surface area contributed by atoms with Crippen LogP contribution in [0.25, 0.3) is 5.69 Å². The molecule has 0 fully saturated rings. The van der Waals surface area contributed by atoms with Gasteiger partial charge in [0.2, 0.25) is 0 Å². The Kier molecular flexibility index (Phi) is 5.64. The number of halogens is 1. The highest BCUT2D eigenvalue weighted by molar-refractivity contribution is 5.85. The van der Waals surface area contributed by atoms with Crippen molar-refractivity contribution in [3.05, 3.63) is 47.3 Å². The molecule has 4 N–H and O–H groups in total. The van der Waals surface area contributed by atoms with Gasteiger partial charge >= 0.3 is 11.9 Å². The molecule has 1 aromatic carbocycles. The van der Waals surface area contributed by atoms with Gasteiger partial charge in [-0.2, -0.15) is 5.10 Å². The number of nitrogens with zero attached hydrogens (tertiary/aromatic N) is 2.